The average Bonchev–Trinajstić information content (AvgIpc) is 2.24. The number of aliphatic hydroxyl groups is 1. The van der Waals surface area contributed by atoms with Gasteiger partial charge < -0.3 is 15.3 Å². The van der Waals surface area contributed by atoms with E-state index in [0.29, 0.717) is 0 Å². The first-order valence-electron chi connectivity index (χ1n) is 4.31. The van der Waals surface area contributed by atoms with Gasteiger partial charge in [-0.15, -0.1) is 0 Å². The van der Waals surface area contributed by atoms with Crippen LogP contribution in [0.5, 0.6) is 0 Å². The van der Waals surface area contributed by atoms with Crippen molar-refractivity contribution in [3.63, 3.8) is 0 Å². The average molecular weight is 340 g/mol. The molecule has 0 aliphatic heterocycles. The molecule has 1 aromatic rings. The summed E-state index contributed by atoms with van der Waals surface area (Å²) in [6, 6.07) is 2.16. The number of carbonyl (C=O) groups is 2. The molecule has 0 bridgehead atoms. The highest BCUT2D eigenvalue weighted by Gasteiger charge is 2.25. The highest BCUT2D eigenvalue weighted by Crippen LogP contribution is 2.31. The van der Waals surface area contributed by atoms with Crippen LogP contribution >= 0.6 is 27.5 Å². The fourth-order valence-electron chi connectivity index (χ4n) is 1.14. The maximum atomic E-state index is 13.4. The lowest BCUT2D eigenvalue weighted by atomic mass is 10.1. The third-order valence-electron chi connectivity index (χ3n) is 1.95. The summed E-state index contributed by atoms with van der Waals surface area (Å²) >= 11 is 8.22. The third-order valence-corrected chi connectivity index (χ3v) is 3.02. The van der Waals surface area contributed by atoms with Gasteiger partial charge in [-0.1, -0.05) is 11.6 Å². The van der Waals surface area contributed by atoms with E-state index < -0.39 is 29.1 Å². The molecule has 0 heterocycles. The smallest absolute Gasteiger partial charge is 0.347 e. The Morgan fingerprint density at radius 2 is 1.67 bits per heavy atom. The van der Waals surface area contributed by atoms with Crippen molar-refractivity contribution in [3.8, 4) is 0 Å². The van der Waals surface area contributed by atoms with Gasteiger partial charge in [0, 0.05) is 5.56 Å². The molecule has 18 heavy (non-hydrogen) atoms. The van der Waals surface area contributed by atoms with Gasteiger partial charge in [-0.05, 0) is 28.1 Å². The number of rotatable bonds is 3. The van der Waals surface area contributed by atoms with Crippen molar-refractivity contribution in [1.82, 2.24) is 0 Å². The molecule has 0 fully saturated rings. The summed E-state index contributed by atoms with van der Waals surface area (Å²) in [5.41, 5.74) is -1.59. The molecule has 0 atom stereocenters. The number of hydrogen-bond acceptors (Lipinski definition) is 3. The van der Waals surface area contributed by atoms with Crippen molar-refractivity contribution < 1.29 is 29.3 Å². The highest BCUT2D eigenvalue weighted by molar-refractivity contribution is 9.10. The Hall–Kier alpha value is -1.60. The summed E-state index contributed by atoms with van der Waals surface area (Å²) < 4.78 is 13.1. The van der Waals surface area contributed by atoms with Crippen LogP contribution in [0.2, 0.25) is 5.02 Å². The molecular formula is C10H5BrClFO5. The lowest BCUT2D eigenvalue weighted by Gasteiger charge is -2.07. The van der Waals surface area contributed by atoms with Crippen LogP contribution < -0.4 is 0 Å². The minimum atomic E-state index is -1.85. The van der Waals surface area contributed by atoms with Crippen LogP contribution in [0.4, 0.5) is 4.39 Å². The zero-order chi connectivity index (χ0) is 14.0. The lowest BCUT2D eigenvalue weighted by molar-refractivity contribution is -0.140. The number of hydrogen-bond donors (Lipinski definition) is 3. The van der Waals surface area contributed by atoms with Crippen LogP contribution in [0.1, 0.15) is 5.56 Å². The molecule has 0 aliphatic carbocycles. The summed E-state index contributed by atoms with van der Waals surface area (Å²) in [5, 5.41) is 26.6. The minimum absolute atomic E-state index is 0.259. The number of benzene rings is 1. The molecule has 1 rings (SSSR count). The van der Waals surface area contributed by atoms with Crippen LogP contribution in [0.15, 0.2) is 22.2 Å². The maximum Gasteiger partial charge on any atom is 0.347 e. The minimum Gasteiger partial charge on any atom is -0.506 e. The van der Waals surface area contributed by atoms with E-state index in [1.807, 2.05) is 0 Å². The van der Waals surface area contributed by atoms with Crippen molar-refractivity contribution in [3.05, 3.63) is 38.6 Å². The van der Waals surface area contributed by atoms with Gasteiger partial charge >= 0.3 is 11.9 Å². The fraction of sp³-hybridized carbons (Fsp3) is 0. The van der Waals surface area contributed by atoms with Crippen molar-refractivity contribution in [1.29, 1.82) is 0 Å². The molecule has 0 aliphatic rings. The standard InChI is InChI=1S/C10H5BrClFO5/c11-6-3(1-2-4(12)7(6)13)8(14)5(9(15)16)10(17)18/h1-2,14H,(H,15,16)(H,17,18). The van der Waals surface area contributed by atoms with Gasteiger partial charge in [0.05, 0.1) is 9.50 Å². The van der Waals surface area contributed by atoms with E-state index in [9.17, 15) is 19.1 Å². The van der Waals surface area contributed by atoms with Gasteiger partial charge in [0.15, 0.2) is 11.4 Å². The quantitative estimate of drug-likeness (QED) is 0.259. The van der Waals surface area contributed by atoms with E-state index in [1.165, 1.54) is 0 Å². The fourth-order valence-corrected chi connectivity index (χ4v) is 1.94. The summed E-state index contributed by atoms with van der Waals surface area (Å²) in [6.07, 6.45) is 0. The van der Waals surface area contributed by atoms with Crippen LogP contribution in [0, 0.1) is 5.82 Å². The molecule has 1 aromatic carbocycles. The van der Waals surface area contributed by atoms with E-state index in [1.54, 1.807) is 0 Å². The molecular weight excluding hydrogens is 334 g/mol. The van der Waals surface area contributed by atoms with Crippen molar-refractivity contribution in [2.45, 2.75) is 0 Å². The molecule has 0 saturated heterocycles. The summed E-state index contributed by atoms with van der Waals surface area (Å²) in [5.74, 6) is -5.70. The first kappa shape index (κ1) is 14.5. The molecule has 0 radical (unpaired) electrons. The molecule has 5 nitrogen and oxygen atoms in total. The van der Waals surface area contributed by atoms with Gasteiger partial charge in [0.25, 0.3) is 0 Å². The predicted octanol–water partition coefficient (Wildman–Crippen LogP) is 2.68. The normalized spacial score (nSPS) is 9.94. The SMILES string of the molecule is O=C(O)C(C(=O)O)=C(O)c1ccc(Cl)c(F)c1Br. The van der Waals surface area contributed by atoms with Crippen molar-refractivity contribution >= 4 is 45.2 Å². The van der Waals surface area contributed by atoms with E-state index in [2.05, 4.69) is 15.9 Å². The monoisotopic (exact) mass is 338 g/mol. The molecule has 0 amide bonds. The largest absolute Gasteiger partial charge is 0.506 e. The third kappa shape index (κ3) is 2.62. The number of aliphatic hydroxyl groups excluding tert-OH is 1. The van der Waals surface area contributed by atoms with Gasteiger partial charge in [0.2, 0.25) is 0 Å². The highest BCUT2D eigenvalue weighted by atomic mass is 79.9. The first-order valence-corrected chi connectivity index (χ1v) is 5.48. The summed E-state index contributed by atoms with van der Waals surface area (Å²) in [7, 11) is 0. The van der Waals surface area contributed by atoms with E-state index in [-0.39, 0.29) is 15.1 Å². The van der Waals surface area contributed by atoms with E-state index in [4.69, 9.17) is 21.8 Å². The van der Waals surface area contributed by atoms with Crippen LogP contribution in [-0.2, 0) is 9.59 Å². The van der Waals surface area contributed by atoms with Crippen LogP contribution in [0.25, 0.3) is 5.76 Å². The summed E-state index contributed by atoms with van der Waals surface area (Å²) in [4.78, 5) is 21.4. The maximum absolute atomic E-state index is 13.4. The molecule has 8 heteroatoms. The van der Waals surface area contributed by atoms with Gasteiger partial charge in [-0.3, -0.25) is 0 Å². The zero-order valence-electron chi connectivity index (χ0n) is 8.45. The Labute approximate surface area is 113 Å². The van der Waals surface area contributed by atoms with Crippen molar-refractivity contribution in [2.24, 2.45) is 0 Å². The second kappa shape index (κ2) is 5.36. The molecule has 0 spiro atoms. The Bertz CT molecular complexity index is 554. The molecule has 3 N–H and O–H groups in total. The Morgan fingerprint density at radius 3 is 2.11 bits per heavy atom. The molecule has 96 valence electrons. The second-order valence-corrected chi connectivity index (χ2v) is 4.26. The number of aliphatic carboxylic acids is 2. The molecule has 0 saturated carbocycles. The van der Waals surface area contributed by atoms with E-state index >= 15 is 0 Å². The number of carboxylic acids is 2. The molecule has 0 aromatic heterocycles. The molecule has 0 unspecified atom stereocenters. The Kier molecular flexibility index (Phi) is 4.31. The Morgan fingerprint density at radius 1 is 1.17 bits per heavy atom. The van der Waals surface area contributed by atoms with E-state index in [0.717, 1.165) is 12.1 Å². The van der Waals surface area contributed by atoms with Gasteiger partial charge in [0.1, 0.15) is 5.76 Å². The number of halogens is 3. The zero-order valence-corrected chi connectivity index (χ0v) is 10.8. The van der Waals surface area contributed by atoms with Crippen LogP contribution in [0.3, 0.4) is 0 Å². The van der Waals surface area contributed by atoms with Gasteiger partial charge in [-0.25, -0.2) is 14.0 Å². The predicted molar refractivity (Wildman–Crippen MR) is 63.9 cm³/mol. The van der Waals surface area contributed by atoms with Crippen molar-refractivity contribution in [2.75, 3.05) is 0 Å². The van der Waals surface area contributed by atoms with Gasteiger partial charge in [-0.2, -0.15) is 0 Å². The lowest BCUT2D eigenvalue weighted by Crippen LogP contribution is -2.14. The second-order valence-electron chi connectivity index (χ2n) is 3.06. The topological polar surface area (TPSA) is 94.8 Å². The summed E-state index contributed by atoms with van der Waals surface area (Å²) in [6.45, 7) is 0. The Balaban J connectivity index is 3.56. The van der Waals surface area contributed by atoms with Crippen LogP contribution in [-0.4, -0.2) is 27.3 Å². The number of carboxylic acid groups (broad SMARTS) is 2. The first-order chi connectivity index (χ1) is 8.27.